The van der Waals surface area contributed by atoms with Crippen molar-refractivity contribution in [2.75, 3.05) is 44.0 Å². The van der Waals surface area contributed by atoms with Gasteiger partial charge in [0, 0.05) is 37.4 Å². The smallest absolute Gasteiger partial charge is 0.229 e. The quantitative estimate of drug-likeness (QED) is 0.733. The largest absolute Gasteiger partial charge is 0.379 e. The topological polar surface area (TPSA) is 80.1 Å². The Bertz CT molecular complexity index is 838. The summed E-state index contributed by atoms with van der Waals surface area (Å²) >= 11 is 0. The highest BCUT2D eigenvalue weighted by atomic mass is 19.1. The van der Waals surface area contributed by atoms with Gasteiger partial charge in [0.25, 0.3) is 0 Å². The second-order valence-electron chi connectivity index (χ2n) is 8.52. The van der Waals surface area contributed by atoms with Gasteiger partial charge in [0.1, 0.15) is 11.5 Å². The van der Waals surface area contributed by atoms with Crippen LogP contribution in [-0.4, -0.2) is 63.5 Å². The summed E-state index contributed by atoms with van der Waals surface area (Å²) < 4.78 is 21.8. The van der Waals surface area contributed by atoms with Gasteiger partial charge < -0.3 is 15.4 Å². The van der Waals surface area contributed by atoms with Gasteiger partial charge in [-0.15, -0.1) is 0 Å². The first kappa shape index (κ1) is 21.4. The number of nitrogens with zero attached hydrogens (tertiary/aromatic N) is 5. The van der Waals surface area contributed by atoms with E-state index in [-0.39, 0.29) is 5.54 Å². The minimum absolute atomic E-state index is 0.0397. The highest BCUT2D eigenvalue weighted by Crippen LogP contribution is 2.30. The maximum absolute atomic E-state index is 14.3. The van der Waals surface area contributed by atoms with Gasteiger partial charge in [-0.25, -0.2) is 9.37 Å². The van der Waals surface area contributed by atoms with E-state index in [1.165, 1.54) is 20.0 Å². The lowest BCUT2D eigenvalue weighted by molar-refractivity contribution is -0.0168. The lowest BCUT2D eigenvalue weighted by atomic mass is 10.0. The van der Waals surface area contributed by atoms with Crippen molar-refractivity contribution in [3.05, 3.63) is 23.7 Å². The molecule has 29 heavy (non-hydrogen) atoms. The number of ether oxygens (including phenoxy) is 1. The highest BCUT2D eigenvalue weighted by molar-refractivity contribution is 5.58. The molecule has 2 N–H and O–H groups in total. The first-order valence-electron chi connectivity index (χ1n) is 9.98. The third kappa shape index (κ3) is 4.84. The SMILES string of the molecule is CNc1nc(Nc2cnn(CC(C)(C)N3CCOCC3)c2C)ncc1C(C)(C)F. The van der Waals surface area contributed by atoms with Crippen LogP contribution >= 0.6 is 0 Å². The van der Waals surface area contributed by atoms with Gasteiger partial charge >= 0.3 is 0 Å². The van der Waals surface area contributed by atoms with Crippen LogP contribution < -0.4 is 10.6 Å². The second-order valence-corrected chi connectivity index (χ2v) is 8.52. The lowest BCUT2D eigenvalue weighted by Gasteiger charge is -2.40. The average molecular weight is 406 g/mol. The molecule has 3 heterocycles. The number of morpholine rings is 1. The van der Waals surface area contributed by atoms with Crippen molar-refractivity contribution in [1.29, 1.82) is 0 Å². The molecule has 160 valence electrons. The maximum Gasteiger partial charge on any atom is 0.229 e. The summed E-state index contributed by atoms with van der Waals surface area (Å²) in [5.41, 5.74) is 0.684. The van der Waals surface area contributed by atoms with Gasteiger partial charge in [0.05, 0.1) is 37.3 Å². The molecule has 0 unspecified atom stereocenters. The fourth-order valence-corrected chi connectivity index (χ4v) is 3.55. The lowest BCUT2D eigenvalue weighted by Crippen LogP contribution is -2.52. The monoisotopic (exact) mass is 405 g/mol. The van der Waals surface area contributed by atoms with Crippen molar-refractivity contribution in [1.82, 2.24) is 24.6 Å². The minimum Gasteiger partial charge on any atom is -0.379 e. The predicted octanol–water partition coefficient (Wildman–Crippen LogP) is 3.08. The average Bonchev–Trinajstić information content (AvgIpc) is 3.00. The van der Waals surface area contributed by atoms with Gasteiger partial charge in [-0.1, -0.05) is 0 Å². The van der Waals surface area contributed by atoms with Crippen LogP contribution in [0.15, 0.2) is 12.4 Å². The summed E-state index contributed by atoms with van der Waals surface area (Å²) in [4.78, 5) is 11.1. The van der Waals surface area contributed by atoms with Gasteiger partial charge in [-0.05, 0) is 34.6 Å². The summed E-state index contributed by atoms with van der Waals surface area (Å²) in [6.45, 7) is 13.6. The Labute approximate surface area is 171 Å². The molecular weight excluding hydrogens is 373 g/mol. The summed E-state index contributed by atoms with van der Waals surface area (Å²) in [5, 5.41) is 10.7. The molecule has 2 aromatic heterocycles. The number of anilines is 3. The number of nitrogens with one attached hydrogen (secondary N) is 2. The molecular formula is C20H32FN7O. The van der Waals surface area contributed by atoms with Crippen molar-refractivity contribution in [2.45, 2.75) is 52.4 Å². The Morgan fingerprint density at radius 3 is 2.48 bits per heavy atom. The minimum atomic E-state index is -1.53. The van der Waals surface area contributed by atoms with Crippen molar-refractivity contribution in [2.24, 2.45) is 0 Å². The molecule has 0 spiro atoms. The number of hydrogen-bond donors (Lipinski definition) is 2. The molecule has 9 heteroatoms. The maximum atomic E-state index is 14.3. The third-order valence-electron chi connectivity index (χ3n) is 5.42. The zero-order chi connectivity index (χ0) is 21.2. The van der Waals surface area contributed by atoms with Crippen LogP contribution in [0.1, 0.15) is 39.0 Å². The molecule has 0 saturated carbocycles. The Balaban J connectivity index is 1.76. The molecule has 0 amide bonds. The van der Waals surface area contributed by atoms with E-state index >= 15 is 0 Å². The van der Waals surface area contributed by atoms with E-state index in [4.69, 9.17) is 4.74 Å². The van der Waals surface area contributed by atoms with E-state index in [2.05, 4.69) is 44.4 Å². The van der Waals surface area contributed by atoms with E-state index in [1.54, 1.807) is 13.2 Å². The normalized spacial score (nSPS) is 16.1. The Morgan fingerprint density at radius 1 is 1.17 bits per heavy atom. The van der Waals surface area contributed by atoms with E-state index in [1.807, 2.05) is 11.6 Å². The molecule has 0 bridgehead atoms. The van der Waals surface area contributed by atoms with Crippen molar-refractivity contribution < 1.29 is 9.13 Å². The van der Waals surface area contributed by atoms with Crippen LogP contribution in [0.4, 0.5) is 21.8 Å². The molecule has 1 saturated heterocycles. The van der Waals surface area contributed by atoms with Crippen molar-refractivity contribution in [3.8, 4) is 0 Å². The van der Waals surface area contributed by atoms with Crippen LogP contribution in [-0.2, 0) is 17.0 Å². The van der Waals surface area contributed by atoms with Crippen molar-refractivity contribution in [3.63, 3.8) is 0 Å². The van der Waals surface area contributed by atoms with Crippen LogP contribution in [0.2, 0.25) is 0 Å². The summed E-state index contributed by atoms with van der Waals surface area (Å²) in [7, 11) is 1.72. The number of halogens is 1. The molecule has 0 radical (unpaired) electrons. The van der Waals surface area contributed by atoms with E-state index in [0.29, 0.717) is 17.3 Å². The number of rotatable bonds is 7. The third-order valence-corrected chi connectivity index (χ3v) is 5.42. The summed E-state index contributed by atoms with van der Waals surface area (Å²) in [5.74, 6) is 0.867. The molecule has 0 atom stereocenters. The number of aromatic nitrogens is 4. The molecule has 3 rings (SSSR count). The summed E-state index contributed by atoms with van der Waals surface area (Å²) in [6, 6.07) is 0. The molecule has 2 aromatic rings. The van der Waals surface area contributed by atoms with Crippen LogP contribution in [0, 0.1) is 6.92 Å². The predicted molar refractivity (Wildman–Crippen MR) is 112 cm³/mol. The Hall–Kier alpha value is -2.26. The Kier molecular flexibility index (Phi) is 6.09. The molecule has 1 fully saturated rings. The first-order valence-corrected chi connectivity index (χ1v) is 9.98. The summed E-state index contributed by atoms with van der Waals surface area (Å²) in [6.07, 6.45) is 3.29. The van der Waals surface area contributed by atoms with E-state index < -0.39 is 5.67 Å². The molecule has 1 aliphatic heterocycles. The zero-order valence-corrected chi connectivity index (χ0v) is 18.2. The van der Waals surface area contributed by atoms with Crippen molar-refractivity contribution >= 4 is 17.5 Å². The first-order chi connectivity index (χ1) is 13.6. The van der Waals surface area contributed by atoms with E-state index in [9.17, 15) is 4.39 Å². The zero-order valence-electron chi connectivity index (χ0n) is 18.2. The van der Waals surface area contributed by atoms with Crippen LogP contribution in [0.25, 0.3) is 0 Å². The van der Waals surface area contributed by atoms with E-state index in [0.717, 1.165) is 44.2 Å². The second kappa shape index (κ2) is 8.23. The van der Waals surface area contributed by atoms with Gasteiger partial charge in [-0.2, -0.15) is 10.1 Å². The molecule has 0 aliphatic carbocycles. The highest BCUT2D eigenvalue weighted by Gasteiger charge is 2.30. The fraction of sp³-hybridized carbons (Fsp3) is 0.650. The van der Waals surface area contributed by atoms with Gasteiger partial charge in [-0.3, -0.25) is 9.58 Å². The molecule has 0 aromatic carbocycles. The van der Waals surface area contributed by atoms with Gasteiger partial charge in [0.15, 0.2) is 0 Å². The standard InChI is InChI=1S/C20H32FN7O/c1-14-16(25-18-23-11-15(20(4,5)21)17(22-6)26-18)12-24-28(14)13-19(2,3)27-7-9-29-10-8-27/h11-12H,7-10,13H2,1-6H3,(H2,22,23,25,26). The molecule has 8 nitrogen and oxygen atoms in total. The van der Waals surface area contributed by atoms with Gasteiger partial charge in [0.2, 0.25) is 5.95 Å². The van der Waals surface area contributed by atoms with Crippen LogP contribution in [0.5, 0.6) is 0 Å². The number of alkyl halides is 1. The number of hydrogen-bond acceptors (Lipinski definition) is 7. The fourth-order valence-electron chi connectivity index (χ4n) is 3.55. The Morgan fingerprint density at radius 2 is 1.86 bits per heavy atom. The van der Waals surface area contributed by atoms with Crippen LogP contribution in [0.3, 0.4) is 0 Å². The molecule has 1 aliphatic rings.